The molecule has 0 fully saturated rings. The molecular weight excluding hydrogens is 257 g/mol. The number of H-pyrrole nitrogens is 1. The van der Waals surface area contributed by atoms with Crippen LogP contribution in [0.3, 0.4) is 0 Å². The highest BCUT2D eigenvalue weighted by molar-refractivity contribution is 5.98. The van der Waals surface area contributed by atoms with Crippen molar-refractivity contribution in [1.82, 2.24) is 9.97 Å². The summed E-state index contributed by atoms with van der Waals surface area (Å²) in [6.45, 7) is 5.52. The molecule has 0 aliphatic carbocycles. The smallest absolute Gasteiger partial charge is 0.230 e. The van der Waals surface area contributed by atoms with Crippen LogP contribution in [-0.2, 0) is 11.2 Å². The van der Waals surface area contributed by atoms with Gasteiger partial charge in [0.05, 0.1) is 0 Å². The average Bonchev–Trinajstić information content (AvgIpc) is 2.69. The van der Waals surface area contributed by atoms with Crippen molar-refractivity contribution in [3.63, 3.8) is 0 Å². The van der Waals surface area contributed by atoms with E-state index in [1.807, 2.05) is 19.9 Å². The molecule has 104 valence electrons. The lowest BCUT2D eigenvalue weighted by Crippen LogP contribution is -2.37. The highest BCUT2D eigenvalue weighted by atomic mass is 19.1. The monoisotopic (exact) mass is 273 g/mol. The van der Waals surface area contributed by atoms with Crippen molar-refractivity contribution < 1.29 is 9.18 Å². The van der Waals surface area contributed by atoms with Gasteiger partial charge in [0.2, 0.25) is 11.9 Å². The van der Waals surface area contributed by atoms with Gasteiger partial charge in [0, 0.05) is 16.7 Å². The number of carbonyl (C=O) groups excluding carboxylic acids is 1. The number of aryl methyl sites for hydroxylation is 1. The Kier molecular flexibility index (Phi) is 2.67. The zero-order valence-corrected chi connectivity index (χ0v) is 11.7. The molecule has 0 bridgehead atoms. The first-order chi connectivity index (χ1) is 9.37. The zero-order chi connectivity index (χ0) is 14.5. The second-order valence-electron chi connectivity index (χ2n) is 5.87. The van der Waals surface area contributed by atoms with E-state index < -0.39 is 11.4 Å². The maximum atomic E-state index is 13.8. The Morgan fingerprint density at radius 1 is 1.35 bits per heavy atom. The van der Waals surface area contributed by atoms with Gasteiger partial charge in [-0.05, 0) is 31.0 Å². The number of carbonyl (C=O) groups is 1. The number of nitrogens with one attached hydrogen (secondary N) is 2. The molecule has 1 aliphatic heterocycles. The molecule has 1 aliphatic rings. The number of imidazole rings is 1. The summed E-state index contributed by atoms with van der Waals surface area (Å²) in [4.78, 5) is 18.6. The Hall–Kier alpha value is -2.17. The van der Waals surface area contributed by atoms with Gasteiger partial charge in [0.1, 0.15) is 11.5 Å². The standard InChI is InChI=1S/C15H16FN3O/c1-8-17-12(13(16)18-8)9-4-5-11-10(6-9)7-15(2,3)14(20)19-11/h4-6H,7H2,1-3H3,(H,17,18)(H,19,20). The number of hydrogen-bond donors (Lipinski definition) is 2. The fourth-order valence-corrected chi connectivity index (χ4v) is 2.51. The summed E-state index contributed by atoms with van der Waals surface area (Å²) in [5.74, 6) is 0.130. The second kappa shape index (κ2) is 4.16. The molecule has 2 heterocycles. The molecule has 0 radical (unpaired) electrons. The molecule has 3 rings (SSSR count). The quantitative estimate of drug-likeness (QED) is 0.839. The first kappa shape index (κ1) is 12.8. The van der Waals surface area contributed by atoms with Crippen molar-refractivity contribution in [3.05, 3.63) is 35.5 Å². The van der Waals surface area contributed by atoms with Crippen LogP contribution in [0.4, 0.5) is 10.1 Å². The van der Waals surface area contributed by atoms with Crippen molar-refractivity contribution in [1.29, 1.82) is 0 Å². The molecule has 2 aromatic rings. The van der Waals surface area contributed by atoms with Gasteiger partial charge in [-0.1, -0.05) is 19.9 Å². The van der Waals surface area contributed by atoms with E-state index in [9.17, 15) is 9.18 Å². The summed E-state index contributed by atoms with van der Waals surface area (Å²) in [6, 6.07) is 5.48. The van der Waals surface area contributed by atoms with Gasteiger partial charge >= 0.3 is 0 Å². The third kappa shape index (κ3) is 1.99. The molecule has 0 atom stereocenters. The van der Waals surface area contributed by atoms with Gasteiger partial charge in [-0.15, -0.1) is 0 Å². The van der Waals surface area contributed by atoms with Crippen LogP contribution in [0.25, 0.3) is 11.3 Å². The molecule has 1 amide bonds. The Labute approximate surface area is 116 Å². The summed E-state index contributed by atoms with van der Waals surface area (Å²) in [7, 11) is 0. The fourth-order valence-electron chi connectivity index (χ4n) is 2.51. The fraction of sp³-hybridized carbons (Fsp3) is 0.333. The summed E-state index contributed by atoms with van der Waals surface area (Å²) in [5.41, 5.74) is 2.39. The number of rotatable bonds is 1. The maximum Gasteiger partial charge on any atom is 0.230 e. The lowest BCUT2D eigenvalue weighted by molar-refractivity contribution is -0.124. The number of amides is 1. The van der Waals surface area contributed by atoms with Gasteiger partial charge in [-0.25, -0.2) is 4.98 Å². The SMILES string of the molecule is Cc1nc(-c2ccc3c(c2)CC(C)(C)C(=O)N3)c(F)[nH]1. The minimum absolute atomic E-state index is 0.0135. The molecule has 5 heteroatoms. The molecule has 2 N–H and O–H groups in total. The third-order valence-electron chi connectivity index (χ3n) is 3.65. The molecule has 0 saturated heterocycles. The highest BCUT2D eigenvalue weighted by Crippen LogP contribution is 2.35. The number of aromatic amines is 1. The first-order valence-electron chi connectivity index (χ1n) is 6.54. The average molecular weight is 273 g/mol. The lowest BCUT2D eigenvalue weighted by Gasteiger charge is -2.30. The molecule has 0 saturated carbocycles. The number of hydrogen-bond acceptors (Lipinski definition) is 2. The normalized spacial score (nSPS) is 16.7. The van der Waals surface area contributed by atoms with Crippen LogP contribution < -0.4 is 5.32 Å². The van der Waals surface area contributed by atoms with Crippen LogP contribution in [0.1, 0.15) is 25.2 Å². The van der Waals surface area contributed by atoms with E-state index in [1.54, 1.807) is 19.1 Å². The number of aromatic nitrogens is 2. The van der Waals surface area contributed by atoms with E-state index in [1.165, 1.54) is 0 Å². The van der Waals surface area contributed by atoms with Gasteiger partial charge in [-0.2, -0.15) is 4.39 Å². The van der Waals surface area contributed by atoms with Crippen molar-refractivity contribution >= 4 is 11.6 Å². The summed E-state index contributed by atoms with van der Waals surface area (Å²) in [5, 5.41) is 2.89. The van der Waals surface area contributed by atoms with Crippen molar-refractivity contribution in [3.8, 4) is 11.3 Å². The maximum absolute atomic E-state index is 13.8. The van der Waals surface area contributed by atoms with E-state index in [0.29, 0.717) is 17.9 Å². The minimum atomic E-state index is -0.453. The van der Waals surface area contributed by atoms with E-state index in [2.05, 4.69) is 15.3 Å². The van der Waals surface area contributed by atoms with E-state index in [0.717, 1.165) is 16.8 Å². The van der Waals surface area contributed by atoms with Crippen molar-refractivity contribution in [2.75, 3.05) is 5.32 Å². The van der Waals surface area contributed by atoms with Gasteiger partial charge in [0.25, 0.3) is 0 Å². The molecule has 1 aromatic heterocycles. The number of halogens is 1. The lowest BCUT2D eigenvalue weighted by atomic mass is 9.81. The number of nitrogens with zero attached hydrogens (tertiary/aromatic N) is 1. The minimum Gasteiger partial charge on any atom is -0.325 e. The van der Waals surface area contributed by atoms with E-state index >= 15 is 0 Å². The second-order valence-corrected chi connectivity index (χ2v) is 5.87. The molecule has 0 spiro atoms. The molecular formula is C15H16FN3O. The van der Waals surface area contributed by atoms with Gasteiger partial charge in [0.15, 0.2) is 0 Å². The number of benzene rings is 1. The zero-order valence-electron chi connectivity index (χ0n) is 11.7. The summed E-state index contributed by atoms with van der Waals surface area (Å²) >= 11 is 0. The first-order valence-corrected chi connectivity index (χ1v) is 6.54. The van der Waals surface area contributed by atoms with Crippen molar-refractivity contribution in [2.24, 2.45) is 5.41 Å². The van der Waals surface area contributed by atoms with Crippen LogP contribution in [0.15, 0.2) is 18.2 Å². The third-order valence-corrected chi connectivity index (χ3v) is 3.65. The Bertz CT molecular complexity index is 703. The van der Waals surface area contributed by atoms with Crippen LogP contribution in [-0.4, -0.2) is 15.9 Å². The highest BCUT2D eigenvalue weighted by Gasteiger charge is 2.33. The van der Waals surface area contributed by atoms with Crippen LogP contribution in [0.5, 0.6) is 0 Å². The van der Waals surface area contributed by atoms with Crippen molar-refractivity contribution in [2.45, 2.75) is 27.2 Å². The van der Waals surface area contributed by atoms with Gasteiger partial charge < -0.3 is 10.3 Å². The van der Waals surface area contributed by atoms with Crippen LogP contribution in [0, 0.1) is 18.3 Å². The van der Waals surface area contributed by atoms with E-state index in [4.69, 9.17) is 0 Å². The summed E-state index contributed by atoms with van der Waals surface area (Å²) < 4.78 is 13.8. The Morgan fingerprint density at radius 2 is 2.10 bits per heavy atom. The largest absolute Gasteiger partial charge is 0.325 e. The topological polar surface area (TPSA) is 57.8 Å². The Morgan fingerprint density at radius 3 is 2.75 bits per heavy atom. The van der Waals surface area contributed by atoms with Crippen LogP contribution in [0.2, 0.25) is 0 Å². The predicted octanol–water partition coefficient (Wildman–Crippen LogP) is 3.05. The summed E-state index contributed by atoms with van der Waals surface area (Å²) in [6.07, 6.45) is 0.632. The molecule has 4 nitrogen and oxygen atoms in total. The number of fused-ring (bicyclic) bond motifs is 1. The van der Waals surface area contributed by atoms with Gasteiger partial charge in [-0.3, -0.25) is 4.79 Å². The molecule has 20 heavy (non-hydrogen) atoms. The van der Waals surface area contributed by atoms with E-state index in [-0.39, 0.29) is 5.91 Å². The predicted molar refractivity (Wildman–Crippen MR) is 74.8 cm³/mol. The number of anilines is 1. The molecule has 0 unspecified atom stereocenters. The molecule has 1 aromatic carbocycles. The Balaban J connectivity index is 2.06. The van der Waals surface area contributed by atoms with Crippen LogP contribution >= 0.6 is 0 Å².